The van der Waals surface area contributed by atoms with Crippen molar-refractivity contribution < 1.29 is 19.5 Å². The zero-order valence-electron chi connectivity index (χ0n) is 12.6. The molecule has 7 nitrogen and oxygen atoms in total. The number of urea groups is 1. The lowest BCUT2D eigenvalue weighted by Crippen LogP contribution is -2.49. The van der Waals surface area contributed by atoms with Gasteiger partial charge in [0.05, 0.1) is 11.3 Å². The molecule has 2 aliphatic heterocycles. The van der Waals surface area contributed by atoms with Crippen molar-refractivity contribution in [3.8, 4) is 0 Å². The summed E-state index contributed by atoms with van der Waals surface area (Å²) >= 11 is 0. The van der Waals surface area contributed by atoms with Crippen molar-refractivity contribution in [2.24, 2.45) is 11.3 Å². The summed E-state index contributed by atoms with van der Waals surface area (Å²) in [5.41, 5.74) is -0.549. The predicted molar refractivity (Wildman–Crippen MR) is 75.7 cm³/mol. The van der Waals surface area contributed by atoms with E-state index in [0.29, 0.717) is 38.9 Å². The molecule has 1 unspecified atom stereocenters. The third kappa shape index (κ3) is 3.11. The minimum Gasteiger partial charge on any atom is -0.481 e. The van der Waals surface area contributed by atoms with E-state index in [2.05, 4.69) is 5.32 Å². The SMILES string of the molecule is CNC(=O)C1(C)CCN(C(=O)N2CCC[C@H](C(=O)O)C2)C1. The first-order chi connectivity index (χ1) is 9.87. The number of hydrogen-bond acceptors (Lipinski definition) is 3. The molecule has 0 aromatic carbocycles. The molecule has 2 aliphatic rings. The molecule has 2 heterocycles. The summed E-state index contributed by atoms with van der Waals surface area (Å²) in [7, 11) is 1.60. The normalized spacial score (nSPS) is 29.3. The Morgan fingerprint density at radius 2 is 1.95 bits per heavy atom. The Hall–Kier alpha value is -1.79. The van der Waals surface area contributed by atoms with Crippen LogP contribution in [0.25, 0.3) is 0 Å². The van der Waals surface area contributed by atoms with E-state index in [-0.39, 0.29) is 18.5 Å². The number of hydrogen-bond donors (Lipinski definition) is 2. The second-order valence-corrected chi connectivity index (χ2v) is 6.22. The summed E-state index contributed by atoms with van der Waals surface area (Å²) in [6, 6.07) is -0.145. The number of piperidine rings is 1. The molecule has 0 radical (unpaired) electrons. The van der Waals surface area contributed by atoms with Crippen LogP contribution in [-0.2, 0) is 9.59 Å². The molecule has 7 heteroatoms. The molecular weight excluding hydrogens is 274 g/mol. The van der Waals surface area contributed by atoms with Crippen molar-refractivity contribution in [1.29, 1.82) is 0 Å². The van der Waals surface area contributed by atoms with Crippen molar-refractivity contribution in [2.45, 2.75) is 26.2 Å². The summed E-state index contributed by atoms with van der Waals surface area (Å²) in [6.45, 7) is 3.64. The van der Waals surface area contributed by atoms with Gasteiger partial charge in [-0.3, -0.25) is 9.59 Å². The molecule has 2 atom stereocenters. The van der Waals surface area contributed by atoms with E-state index >= 15 is 0 Å². The standard InChI is InChI=1S/C14H23N3O4/c1-14(12(20)15-2)5-7-17(9-14)13(21)16-6-3-4-10(8-16)11(18)19/h10H,3-9H2,1-2H3,(H,15,20)(H,18,19)/t10-,14?/m0/s1. The van der Waals surface area contributed by atoms with Gasteiger partial charge in [0.1, 0.15) is 0 Å². The van der Waals surface area contributed by atoms with Crippen LogP contribution in [0, 0.1) is 11.3 Å². The predicted octanol–water partition coefficient (Wildman–Crippen LogP) is 0.361. The fraction of sp³-hybridized carbons (Fsp3) is 0.786. The van der Waals surface area contributed by atoms with Crippen LogP contribution in [0.3, 0.4) is 0 Å². The van der Waals surface area contributed by atoms with Gasteiger partial charge in [-0.2, -0.15) is 0 Å². The van der Waals surface area contributed by atoms with E-state index in [0.717, 1.165) is 0 Å². The topological polar surface area (TPSA) is 90.0 Å². The number of likely N-dealkylation sites (tertiary alicyclic amines) is 2. The Morgan fingerprint density at radius 3 is 2.57 bits per heavy atom. The third-order valence-electron chi connectivity index (χ3n) is 4.56. The van der Waals surface area contributed by atoms with Gasteiger partial charge in [-0.1, -0.05) is 0 Å². The van der Waals surface area contributed by atoms with Gasteiger partial charge in [-0.15, -0.1) is 0 Å². The lowest BCUT2D eigenvalue weighted by atomic mass is 9.89. The number of carboxylic acid groups (broad SMARTS) is 1. The van der Waals surface area contributed by atoms with E-state index in [1.165, 1.54) is 0 Å². The maximum atomic E-state index is 12.5. The first kappa shape index (κ1) is 15.6. The van der Waals surface area contributed by atoms with Gasteiger partial charge in [0.25, 0.3) is 0 Å². The van der Waals surface area contributed by atoms with Crippen LogP contribution >= 0.6 is 0 Å². The lowest BCUT2D eigenvalue weighted by molar-refractivity contribution is -0.143. The average Bonchev–Trinajstić information content (AvgIpc) is 2.89. The van der Waals surface area contributed by atoms with Crippen molar-refractivity contribution in [2.75, 3.05) is 33.2 Å². The van der Waals surface area contributed by atoms with Crippen molar-refractivity contribution >= 4 is 17.9 Å². The molecule has 0 saturated carbocycles. The van der Waals surface area contributed by atoms with Crippen LogP contribution in [0.5, 0.6) is 0 Å². The largest absolute Gasteiger partial charge is 0.481 e. The van der Waals surface area contributed by atoms with E-state index in [1.807, 2.05) is 6.92 Å². The molecule has 2 saturated heterocycles. The molecule has 0 aromatic heterocycles. The molecule has 21 heavy (non-hydrogen) atoms. The molecule has 0 bridgehead atoms. The molecule has 0 spiro atoms. The second kappa shape index (κ2) is 5.91. The Balaban J connectivity index is 1.98. The van der Waals surface area contributed by atoms with Crippen molar-refractivity contribution in [3.63, 3.8) is 0 Å². The molecular formula is C14H23N3O4. The second-order valence-electron chi connectivity index (χ2n) is 6.22. The molecule has 118 valence electrons. The molecule has 2 fully saturated rings. The zero-order valence-corrected chi connectivity index (χ0v) is 12.6. The maximum Gasteiger partial charge on any atom is 0.320 e. The highest BCUT2D eigenvalue weighted by Gasteiger charge is 2.43. The highest BCUT2D eigenvalue weighted by atomic mass is 16.4. The van der Waals surface area contributed by atoms with Gasteiger partial charge in [-0.05, 0) is 26.2 Å². The van der Waals surface area contributed by atoms with Crippen LogP contribution in [0.2, 0.25) is 0 Å². The summed E-state index contributed by atoms with van der Waals surface area (Å²) in [6.07, 6.45) is 1.97. The number of carbonyl (C=O) groups is 3. The van der Waals surface area contributed by atoms with Gasteiger partial charge in [0.15, 0.2) is 0 Å². The number of aliphatic carboxylic acids is 1. The lowest BCUT2D eigenvalue weighted by Gasteiger charge is -2.34. The minimum absolute atomic E-state index is 0.0557. The van der Waals surface area contributed by atoms with E-state index in [9.17, 15) is 14.4 Å². The monoisotopic (exact) mass is 297 g/mol. The summed E-state index contributed by atoms with van der Waals surface area (Å²) < 4.78 is 0. The molecule has 2 N–H and O–H groups in total. The number of nitrogens with zero attached hydrogens (tertiary/aromatic N) is 2. The van der Waals surface area contributed by atoms with Crippen molar-refractivity contribution in [3.05, 3.63) is 0 Å². The molecule has 0 aromatic rings. The van der Waals surface area contributed by atoms with Crippen LogP contribution in [-0.4, -0.2) is 66.0 Å². The molecule has 2 rings (SSSR count). The fourth-order valence-corrected chi connectivity index (χ4v) is 3.16. The summed E-state index contributed by atoms with van der Waals surface area (Å²) in [4.78, 5) is 38.7. The van der Waals surface area contributed by atoms with Crippen LogP contribution in [0.1, 0.15) is 26.2 Å². The molecule has 0 aliphatic carbocycles. The summed E-state index contributed by atoms with van der Waals surface area (Å²) in [5.74, 6) is -1.38. The first-order valence-corrected chi connectivity index (χ1v) is 7.36. The van der Waals surface area contributed by atoms with Gasteiger partial charge in [0.2, 0.25) is 5.91 Å². The number of amides is 3. The van der Waals surface area contributed by atoms with Crippen LogP contribution in [0.4, 0.5) is 4.79 Å². The Kier molecular flexibility index (Phi) is 4.39. The number of carbonyl (C=O) groups excluding carboxylic acids is 2. The number of nitrogens with one attached hydrogen (secondary N) is 1. The average molecular weight is 297 g/mol. The highest BCUT2D eigenvalue weighted by Crippen LogP contribution is 2.31. The van der Waals surface area contributed by atoms with Crippen LogP contribution < -0.4 is 5.32 Å². The van der Waals surface area contributed by atoms with Gasteiger partial charge in [0, 0.05) is 33.2 Å². The Bertz CT molecular complexity index is 454. The first-order valence-electron chi connectivity index (χ1n) is 7.36. The third-order valence-corrected chi connectivity index (χ3v) is 4.56. The summed E-state index contributed by atoms with van der Waals surface area (Å²) in [5, 5.41) is 11.7. The van der Waals surface area contributed by atoms with Gasteiger partial charge in [-0.25, -0.2) is 4.79 Å². The van der Waals surface area contributed by atoms with Gasteiger partial charge >= 0.3 is 12.0 Å². The van der Waals surface area contributed by atoms with Crippen LogP contribution in [0.15, 0.2) is 0 Å². The highest BCUT2D eigenvalue weighted by molar-refractivity contribution is 5.84. The Morgan fingerprint density at radius 1 is 1.24 bits per heavy atom. The van der Waals surface area contributed by atoms with Gasteiger partial charge < -0.3 is 20.2 Å². The van der Waals surface area contributed by atoms with Crippen molar-refractivity contribution in [1.82, 2.24) is 15.1 Å². The zero-order chi connectivity index (χ0) is 15.6. The van der Waals surface area contributed by atoms with E-state index in [1.54, 1.807) is 16.8 Å². The van der Waals surface area contributed by atoms with E-state index < -0.39 is 17.3 Å². The smallest absolute Gasteiger partial charge is 0.320 e. The minimum atomic E-state index is -0.843. The maximum absolute atomic E-state index is 12.5. The molecule has 3 amide bonds. The fourth-order valence-electron chi connectivity index (χ4n) is 3.16. The quantitative estimate of drug-likeness (QED) is 0.770. The number of carboxylic acids is 1. The Labute approximate surface area is 124 Å². The number of rotatable bonds is 2. The van der Waals surface area contributed by atoms with E-state index in [4.69, 9.17) is 5.11 Å².